The molecule has 0 saturated carbocycles. The van der Waals surface area contributed by atoms with Crippen LogP contribution in [0.2, 0.25) is 0 Å². The summed E-state index contributed by atoms with van der Waals surface area (Å²) in [5.74, 6) is 0.0150. The Morgan fingerprint density at radius 1 is 0.414 bits per heavy atom. The molecule has 5 aromatic rings. The zero-order valence-electron chi connectivity index (χ0n) is 35.5. The summed E-state index contributed by atoms with van der Waals surface area (Å²) in [5, 5.41) is 2.59. The molecule has 6 heterocycles. The van der Waals surface area contributed by atoms with Crippen LogP contribution in [0.3, 0.4) is 0 Å². The lowest BCUT2D eigenvalue weighted by molar-refractivity contribution is -0.124. The molecule has 0 radical (unpaired) electrons. The third-order valence-corrected chi connectivity index (χ3v) is 16.4. The number of unbranched alkanes of at least 4 members (excludes halogenated alkanes) is 18. The van der Waals surface area contributed by atoms with Crippen molar-refractivity contribution in [2.75, 3.05) is 13.1 Å². The van der Waals surface area contributed by atoms with Gasteiger partial charge in [-0.2, -0.15) is 0 Å². The van der Waals surface area contributed by atoms with Gasteiger partial charge in [0.2, 0.25) is 0 Å². The van der Waals surface area contributed by atoms with Gasteiger partial charge < -0.3 is 9.80 Å². The first kappa shape index (κ1) is 43.1. The molecule has 0 atom stereocenters. The van der Waals surface area contributed by atoms with Crippen molar-refractivity contribution < 1.29 is 9.59 Å². The number of nitrogens with zero attached hydrogens (tertiary/aromatic N) is 2. The molecule has 0 unspecified atom stereocenters. The fourth-order valence-corrected chi connectivity index (χ4v) is 13.0. The van der Waals surface area contributed by atoms with Crippen molar-refractivity contribution in [3.63, 3.8) is 0 Å². The molecular formula is C50H64N2O2S4. The van der Waals surface area contributed by atoms with Gasteiger partial charge in [-0.1, -0.05) is 129 Å². The van der Waals surface area contributed by atoms with E-state index >= 15 is 0 Å². The van der Waals surface area contributed by atoms with Crippen molar-refractivity contribution in [1.29, 1.82) is 0 Å². The summed E-state index contributed by atoms with van der Waals surface area (Å²) >= 11 is 7.12. The SMILES string of the molecule is CCCCCCCCCCCCN1C(=O)C2=C(c3ccc(-c4cc5cc6sc(C)cc6cc5s4)s3)N(CCCCCCCCCCCC)C(=O)C2=C1c1ccc(C)s1. The van der Waals surface area contributed by atoms with Crippen molar-refractivity contribution >= 4 is 88.7 Å². The number of aryl methyl sites for hydroxylation is 2. The number of thiophene rings is 4. The van der Waals surface area contributed by atoms with Crippen LogP contribution in [0.1, 0.15) is 162 Å². The van der Waals surface area contributed by atoms with E-state index in [0.717, 1.165) is 46.8 Å². The number of amides is 2. The predicted octanol–water partition coefficient (Wildman–Crippen LogP) is 16.2. The van der Waals surface area contributed by atoms with E-state index in [0.29, 0.717) is 24.2 Å². The minimum Gasteiger partial charge on any atom is -0.306 e. The molecule has 1 aromatic carbocycles. The lowest BCUT2D eigenvalue weighted by Crippen LogP contribution is -2.30. The number of fused-ring (bicyclic) bond motifs is 3. The number of rotatable bonds is 25. The van der Waals surface area contributed by atoms with Gasteiger partial charge in [-0.25, -0.2) is 0 Å². The second kappa shape index (κ2) is 21.0. The summed E-state index contributed by atoms with van der Waals surface area (Å²) < 4.78 is 2.63. The van der Waals surface area contributed by atoms with Crippen LogP contribution >= 0.6 is 45.3 Å². The minimum absolute atomic E-state index is 0.00748. The van der Waals surface area contributed by atoms with Crippen LogP contribution < -0.4 is 0 Å². The van der Waals surface area contributed by atoms with Gasteiger partial charge in [0.25, 0.3) is 11.8 Å². The molecule has 7 rings (SSSR count). The lowest BCUT2D eigenvalue weighted by atomic mass is 10.1. The number of hydrogen-bond donors (Lipinski definition) is 0. The summed E-state index contributed by atoms with van der Waals surface area (Å²) in [7, 11) is 0. The second-order valence-corrected chi connectivity index (χ2v) is 21.4. The Balaban J connectivity index is 1.13. The van der Waals surface area contributed by atoms with Gasteiger partial charge in [0, 0.05) is 42.0 Å². The third-order valence-electron chi connectivity index (χ3n) is 12.0. The van der Waals surface area contributed by atoms with E-state index in [2.05, 4.69) is 76.2 Å². The van der Waals surface area contributed by atoms with Crippen LogP contribution in [0.4, 0.5) is 0 Å². The van der Waals surface area contributed by atoms with Gasteiger partial charge in [-0.15, -0.1) is 45.3 Å². The number of carbonyl (C=O) groups excluding carboxylic acids is 2. The molecule has 0 fully saturated rings. The molecule has 58 heavy (non-hydrogen) atoms. The molecular weight excluding hydrogens is 789 g/mol. The molecule has 8 heteroatoms. The molecule has 0 bridgehead atoms. The molecule has 0 aliphatic carbocycles. The maximum Gasteiger partial charge on any atom is 0.261 e. The quantitative estimate of drug-likeness (QED) is 0.0549. The normalized spacial score (nSPS) is 14.6. The zero-order chi connectivity index (χ0) is 40.4. The van der Waals surface area contributed by atoms with Gasteiger partial charge in [0.05, 0.1) is 32.3 Å². The van der Waals surface area contributed by atoms with E-state index in [1.807, 2.05) is 32.5 Å². The average Bonchev–Trinajstić information content (AvgIpc) is 4.07. The Morgan fingerprint density at radius 3 is 1.34 bits per heavy atom. The smallest absolute Gasteiger partial charge is 0.261 e. The van der Waals surface area contributed by atoms with Gasteiger partial charge in [0.1, 0.15) is 0 Å². The summed E-state index contributed by atoms with van der Waals surface area (Å²) in [6.45, 7) is 10.1. The first-order valence-electron chi connectivity index (χ1n) is 22.6. The van der Waals surface area contributed by atoms with Crippen LogP contribution in [0.5, 0.6) is 0 Å². The molecule has 4 aromatic heterocycles. The topological polar surface area (TPSA) is 40.6 Å². The number of hydrogen-bond acceptors (Lipinski definition) is 6. The van der Waals surface area contributed by atoms with E-state index < -0.39 is 0 Å². The highest BCUT2D eigenvalue weighted by atomic mass is 32.1. The predicted molar refractivity (Wildman–Crippen MR) is 255 cm³/mol. The van der Waals surface area contributed by atoms with E-state index in [1.165, 1.54) is 142 Å². The monoisotopic (exact) mass is 852 g/mol. The summed E-state index contributed by atoms with van der Waals surface area (Å²) in [4.78, 5) is 40.7. The Hall–Kier alpha value is -3.04. The van der Waals surface area contributed by atoms with Gasteiger partial charge in [-0.3, -0.25) is 9.59 Å². The molecule has 0 spiro atoms. The maximum absolute atomic E-state index is 14.9. The van der Waals surface area contributed by atoms with Crippen LogP contribution in [-0.2, 0) is 9.59 Å². The standard InChI is InChI=1S/C50H64N2O2S4/c1-5-7-9-11-13-15-17-19-21-23-29-51-47(40-26-25-35(3)55-40)45-46(50(51)54)48(52(49(45)53)30-24-22-20-18-16-14-12-10-8-6-2)41-28-27-39(57-41)44-34-38-33-42-37(31-36(4)56-42)32-43(38)58-44/h25-28,31-34H,5-24,29-30H2,1-4H3. The van der Waals surface area contributed by atoms with E-state index in [4.69, 9.17) is 0 Å². The number of benzene rings is 1. The Bertz CT molecular complexity index is 2180. The zero-order valence-corrected chi connectivity index (χ0v) is 38.8. The first-order chi connectivity index (χ1) is 28.4. The van der Waals surface area contributed by atoms with Crippen LogP contribution in [0, 0.1) is 13.8 Å². The molecule has 2 amide bonds. The van der Waals surface area contributed by atoms with E-state index in [-0.39, 0.29) is 11.8 Å². The number of carbonyl (C=O) groups is 2. The Morgan fingerprint density at radius 2 is 0.845 bits per heavy atom. The van der Waals surface area contributed by atoms with Crippen molar-refractivity contribution in [3.8, 4) is 9.75 Å². The fraction of sp³-hybridized carbons (Fsp3) is 0.520. The highest BCUT2D eigenvalue weighted by molar-refractivity contribution is 7.26. The van der Waals surface area contributed by atoms with Gasteiger partial charge >= 0.3 is 0 Å². The minimum atomic E-state index is 0.00748. The van der Waals surface area contributed by atoms with Crippen molar-refractivity contribution in [3.05, 3.63) is 79.2 Å². The van der Waals surface area contributed by atoms with Crippen LogP contribution in [0.25, 0.3) is 41.3 Å². The molecule has 2 aliphatic rings. The second-order valence-electron chi connectivity index (χ2n) is 16.7. The Kier molecular flexibility index (Phi) is 15.6. The largest absolute Gasteiger partial charge is 0.306 e. The highest BCUT2D eigenvalue weighted by Gasteiger charge is 2.49. The summed E-state index contributed by atoms with van der Waals surface area (Å²) in [6, 6.07) is 17.9. The summed E-state index contributed by atoms with van der Waals surface area (Å²) in [5.41, 5.74) is 2.95. The molecule has 310 valence electrons. The lowest BCUT2D eigenvalue weighted by Gasteiger charge is -2.24. The van der Waals surface area contributed by atoms with Gasteiger partial charge in [0.15, 0.2) is 0 Å². The average molecular weight is 853 g/mol. The summed E-state index contributed by atoms with van der Waals surface area (Å²) in [6.07, 6.45) is 25.0. The fourth-order valence-electron chi connectivity index (χ4n) is 8.84. The van der Waals surface area contributed by atoms with Crippen molar-refractivity contribution in [2.24, 2.45) is 0 Å². The third kappa shape index (κ3) is 10.1. The van der Waals surface area contributed by atoms with Crippen molar-refractivity contribution in [2.45, 2.75) is 156 Å². The molecule has 0 saturated heterocycles. The van der Waals surface area contributed by atoms with Crippen LogP contribution in [-0.4, -0.2) is 34.7 Å². The van der Waals surface area contributed by atoms with Crippen LogP contribution in [0.15, 0.2) is 59.7 Å². The maximum atomic E-state index is 14.9. The Labute approximate surface area is 364 Å². The van der Waals surface area contributed by atoms with E-state index in [9.17, 15) is 9.59 Å². The van der Waals surface area contributed by atoms with Gasteiger partial charge in [-0.05, 0) is 86.0 Å². The molecule has 0 N–H and O–H groups in total. The molecule has 2 aliphatic heterocycles. The first-order valence-corrected chi connectivity index (χ1v) is 25.9. The highest BCUT2D eigenvalue weighted by Crippen LogP contribution is 2.50. The van der Waals surface area contributed by atoms with E-state index in [1.54, 1.807) is 22.7 Å². The molecule has 4 nitrogen and oxygen atoms in total. The van der Waals surface area contributed by atoms with Crippen molar-refractivity contribution in [1.82, 2.24) is 9.80 Å².